The van der Waals surface area contributed by atoms with Crippen LogP contribution in [-0.2, 0) is 23.7 Å². The number of carbonyl (C=O) groups excluding carboxylic acids is 1. The number of carbonyl (C=O) groups is 1. The molecule has 0 saturated carbocycles. The number of allylic oxidation sites excluding steroid dienone is 14. The Bertz CT molecular complexity index is 1120. The van der Waals surface area contributed by atoms with E-state index in [0.29, 0.717) is 13.0 Å². The highest BCUT2D eigenvalue weighted by molar-refractivity contribution is 5.69. The summed E-state index contributed by atoms with van der Waals surface area (Å²) >= 11 is 0. The molecule has 4 N–H and O–H groups in total. The predicted molar refractivity (Wildman–Crippen MR) is 228 cm³/mol. The molecule has 1 saturated heterocycles. The predicted octanol–water partition coefficient (Wildman–Crippen LogP) is 9.47. The molecule has 320 valence electrons. The number of aliphatic hydroxyl groups is 4. The monoisotopic (exact) mass is 787 g/mol. The van der Waals surface area contributed by atoms with Crippen LogP contribution in [0.5, 0.6) is 0 Å². The molecule has 0 amide bonds. The molecule has 9 heteroatoms. The fourth-order valence-electron chi connectivity index (χ4n) is 5.97. The number of rotatable bonds is 35. The average Bonchev–Trinajstić information content (AvgIpc) is 3.20. The van der Waals surface area contributed by atoms with Crippen LogP contribution in [-0.4, -0.2) is 89.6 Å². The van der Waals surface area contributed by atoms with Crippen LogP contribution in [0, 0.1) is 0 Å². The van der Waals surface area contributed by atoms with Gasteiger partial charge in [0.05, 0.1) is 19.8 Å². The first-order valence-corrected chi connectivity index (χ1v) is 21.7. The van der Waals surface area contributed by atoms with E-state index in [2.05, 4.69) is 98.9 Å². The zero-order valence-corrected chi connectivity index (χ0v) is 34.8. The Hall–Kier alpha value is -2.63. The average molecular weight is 787 g/mol. The summed E-state index contributed by atoms with van der Waals surface area (Å²) < 4.78 is 22.7. The molecule has 0 aliphatic carbocycles. The van der Waals surface area contributed by atoms with E-state index in [4.69, 9.17) is 18.9 Å². The fraction of sp³-hybridized carbons (Fsp3) is 0.681. The highest BCUT2D eigenvalue weighted by atomic mass is 16.7. The second-order valence-electron chi connectivity index (χ2n) is 14.4. The summed E-state index contributed by atoms with van der Waals surface area (Å²) in [6, 6.07) is 0. The van der Waals surface area contributed by atoms with Gasteiger partial charge < -0.3 is 39.4 Å². The SMILES string of the molecule is CC/C=C\C/C=C\C/C=C\C/C=C\CCCCC(=O)OC(COCCCCCCCCCC/C=C\C/C=C\C/C=C\CC)COC1OC(CO)C(O)C(O)C1O. The van der Waals surface area contributed by atoms with Crippen molar-refractivity contribution < 1.29 is 44.2 Å². The summed E-state index contributed by atoms with van der Waals surface area (Å²) in [6.07, 6.45) is 43.2. The maximum Gasteiger partial charge on any atom is 0.306 e. The minimum atomic E-state index is -1.55. The van der Waals surface area contributed by atoms with Gasteiger partial charge in [0.25, 0.3) is 0 Å². The zero-order chi connectivity index (χ0) is 40.7. The third kappa shape index (κ3) is 28.7. The summed E-state index contributed by atoms with van der Waals surface area (Å²) in [7, 11) is 0. The molecule has 0 spiro atoms. The normalized spacial score (nSPS) is 21.4. The summed E-state index contributed by atoms with van der Waals surface area (Å²) in [5, 5.41) is 40.1. The number of hydrogen-bond acceptors (Lipinski definition) is 9. The molecule has 1 heterocycles. The molecule has 0 radical (unpaired) electrons. The molecule has 0 aromatic carbocycles. The third-order valence-electron chi connectivity index (χ3n) is 9.31. The van der Waals surface area contributed by atoms with Gasteiger partial charge in [-0.05, 0) is 83.5 Å². The van der Waals surface area contributed by atoms with Crippen LogP contribution < -0.4 is 0 Å². The number of esters is 1. The zero-order valence-electron chi connectivity index (χ0n) is 34.8. The third-order valence-corrected chi connectivity index (χ3v) is 9.31. The number of hydrogen-bond donors (Lipinski definition) is 4. The van der Waals surface area contributed by atoms with Gasteiger partial charge in [-0.1, -0.05) is 137 Å². The first-order valence-electron chi connectivity index (χ1n) is 21.7. The van der Waals surface area contributed by atoms with Crippen LogP contribution in [0.3, 0.4) is 0 Å². The molecule has 0 bridgehead atoms. The summed E-state index contributed by atoms with van der Waals surface area (Å²) in [5.74, 6) is -0.361. The number of aliphatic hydroxyl groups excluding tert-OH is 4. The first kappa shape index (κ1) is 51.4. The van der Waals surface area contributed by atoms with E-state index >= 15 is 0 Å². The number of ether oxygens (including phenoxy) is 4. The Labute approximate surface area is 339 Å². The second kappa shape index (κ2) is 37.9. The van der Waals surface area contributed by atoms with Gasteiger partial charge in [0.1, 0.15) is 30.5 Å². The summed E-state index contributed by atoms with van der Waals surface area (Å²) in [4.78, 5) is 12.7. The van der Waals surface area contributed by atoms with Gasteiger partial charge in [0.15, 0.2) is 6.29 Å². The highest BCUT2D eigenvalue weighted by Gasteiger charge is 2.44. The van der Waals surface area contributed by atoms with Crippen molar-refractivity contribution in [3.05, 3.63) is 85.1 Å². The lowest BCUT2D eigenvalue weighted by Gasteiger charge is -2.39. The standard InChI is InChI=1S/C47H78O9/c1-3-5-7-9-11-13-15-17-19-20-21-23-25-27-29-31-33-35-37-53-39-41(40-54-47-46(52)45(51)44(50)42(38-48)56-47)55-43(49)36-34-32-30-28-26-24-22-18-16-14-12-10-8-6-4-2/h5-8,11-14,17-19,22,26,28,41-42,44-48,50-52H,3-4,9-10,15-16,20-21,23-25,27,29-40H2,1-2H3/b7-5-,8-6-,13-11-,14-12-,19-17-,22-18-,28-26-. The van der Waals surface area contributed by atoms with Crippen molar-refractivity contribution >= 4 is 5.97 Å². The van der Waals surface area contributed by atoms with Crippen molar-refractivity contribution in [1.29, 1.82) is 0 Å². The largest absolute Gasteiger partial charge is 0.457 e. The molecular weight excluding hydrogens is 709 g/mol. The first-order chi connectivity index (χ1) is 27.4. The van der Waals surface area contributed by atoms with Gasteiger partial charge in [-0.2, -0.15) is 0 Å². The van der Waals surface area contributed by atoms with Crippen molar-refractivity contribution in [2.45, 2.75) is 179 Å². The number of unbranched alkanes of at least 4 members (excludes halogenated alkanes) is 10. The van der Waals surface area contributed by atoms with E-state index in [9.17, 15) is 25.2 Å². The molecule has 0 aromatic heterocycles. The highest BCUT2D eigenvalue weighted by Crippen LogP contribution is 2.22. The lowest BCUT2D eigenvalue weighted by Crippen LogP contribution is -2.59. The van der Waals surface area contributed by atoms with Gasteiger partial charge in [0.2, 0.25) is 0 Å². The minimum Gasteiger partial charge on any atom is -0.457 e. The quantitative estimate of drug-likeness (QED) is 0.0282. The van der Waals surface area contributed by atoms with E-state index in [1.165, 1.54) is 32.1 Å². The van der Waals surface area contributed by atoms with Crippen molar-refractivity contribution in [2.75, 3.05) is 26.4 Å². The molecule has 9 nitrogen and oxygen atoms in total. The van der Waals surface area contributed by atoms with Gasteiger partial charge in [0, 0.05) is 13.0 Å². The molecule has 1 fully saturated rings. The Morgan fingerprint density at radius 1 is 0.571 bits per heavy atom. The molecular formula is C47H78O9. The molecule has 0 aromatic rings. The van der Waals surface area contributed by atoms with Crippen molar-refractivity contribution in [3.8, 4) is 0 Å². The van der Waals surface area contributed by atoms with Crippen LogP contribution in [0.1, 0.15) is 142 Å². The lowest BCUT2D eigenvalue weighted by atomic mass is 9.99. The summed E-state index contributed by atoms with van der Waals surface area (Å²) in [5.41, 5.74) is 0. The van der Waals surface area contributed by atoms with Crippen LogP contribution >= 0.6 is 0 Å². The molecule has 1 aliphatic heterocycles. The topological polar surface area (TPSA) is 135 Å². The van der Waals surface area contributed by atoms with E-state index in [1.54, 1.807) is 0 Å². The smallest absolute Gasteiger partial charge is 0.306 e. The molecule has 6 unspecified atom stereocenters. The maximum atomic E-state index is 12.7. The molecule has 56 heavy (non-hydrogen) atoms. The van der Waals surface area contributed by atoms with Gasteiger partial charge in [-0.3, -0.25) is 4.79 Å². The Balaban J connectivity index is 2.32. The van der Waals surface area contributed by atoms with Crippen LogP contribution in [0.25, 0.3) is 0 Å². The Kier molecular flexibility index (Phi) is 34.8. The van der Waals surface area contributed by atoms with Gasteiger partial charge in [-0.25, -0.2) is 0 Å². The fourth-order valence-corrected chi connectivity index (χ4v) is 5.97. The Morgan fingerprint density at radius 2 is 1.04 bits per heavy atom. The van der Waals surface area contributed by atoms with E-state index in [-0.39, 0.29) is 25.6 Å². The lowest BCUT2D eigenvalue weighted by molar-refractivity contribution is -0.305. The van der Waals surface area contributed by atoms with E-state index in [1.807, 2.05) is 0 Å². The second-order valence-corrected chi connectivity index (χ2v) is 14.4. The minimum absolute atomic E-state index is 0.117. The molecule has 1 rings (SSSR count). The Morgan fingerprint density at radius 3 is 1.55 bits per heavy atom. The molecule has 6 atom stereocenters. The van der Waals surface area contributed by atoms with Gasteiger partial charge >= 0.3 is 5.97 Å². The van der Waals surface area contributed by atoms with Crippen molar-refractivity contribution in [3.63, 3.8) is 0 Å². The van der Waals surface area contributed by atoms with Crippen LogP contribution in [0.15, 0.2) is 85.1 Å². The summed E-state index contributed by atoms with van der Waals surface area (Å²) in [6.45, 7) is 4.24. The van der Waals surface area contributed by atoms with Crippen LogP contribution in [0.4, 0.5) is 0 Å². The van der Waals surface area contributed by atoms with E-state index < -0.39 is 43.4 Å². The van der Waals surface area contributed by atoms with Gasteiger partial charge in [-0.15, -0.1) is 0 Å². The van der Waals surface area contributed by atoms with E-state index in [0.717, 1.165) is 83.5 Å². The van der Waals surface area contributed by atoms with Crippen molar-refractivity contribution in [2.24, 2.45) is 0 Å². The maximum absolute atomic E-state index is 12.7. The molecule has 1 aliphatic rings. The van der Waals surface area contributed by atoms with Crippen molar-refractivity contribution in [1.82, 2.24) is 0 Å². The van der Waals surface area contributed by atoms with Crippen LogP contribution in [0.2, 0.25) is 0 Å².